The second-order valence-electron chi connectivity index (χ2n) is 3.26. The zero-order valence-electron chi connectivity index (χ0n) is 10.8. The summed E-state index contributed by atoms with van der Waals surface area (Å²) in [5.41, 5.74) is 1.04. The number of benzene rings is 1. The average molecular weight is 226 g/mol. The number of phenols is 1. The molecule has 0 aliphatic rings. The molecule has 1 aromatic carbocycles. The molecule has 3 nitrogen and oxygen atoms in total. The second-order valence-corrected chi connectivity index (χ2v) is 3.26. The lowest BCUT2D eigenvalue weighted by Crippen LogP contribution is -2.08. The molecule has 3 heteroatoms. The van der Waals surface area contributed by atoms with Gasteiger partial charge in [0.05, 0.1) is 13.2 Å². The van der Waals surface area contributed by atoms with Crippen molar-refractivity contribution in [1.82, 2.24) is 0 Å². The molecule has 0 aliphatic carbocycles. The van der Waals surface area contributed by atoms with Crippen molar-refractivity contribution in [3.8, 4) is 11.5 Å². The molecule has 0 bridgehead atoms. The number of phenolic OH excluding ortho intramolecular Hbond substituents is 1. The predicted molar refractivity (Wildman–Crippen MR) is 66.2 cm³/mol. The summed E-state index contributed by atoms with van der Waals surface area (Å²) in [4.78, 5) is 0. The molecular formula is C13H22O3. The number of hydrogen-bond acceptors (Lipinski definition) is 3. The molecule has 0 saturated heterocycles. The molecule has 0 aliphatic heterocycles. The van der Waals surface area contributed by atoms with Crippen molar-refractivity contribution in [2.75, 3.05) is 14.2 Å². The lowest BCUT2D eigenvalue weighted by Gasteiger charge is -2.10. The van der Waals surface area contributed by atoms with E-state index in [-0.39, 0.29) is 11.9 Å². The van der Waals surface area contributed by atoms with E-state index in [2.05, 4.69) is 0 Å². The molecule has 0 aromatic heterocycles. The Hall–Kier alpha value is -1.22. The van der Waals surface area contributed by atoms with Crippen LogP contribution in [0.4, 0.5) is 0 Å². The number of methoxy groups -OCH3 is 2. The first-order valence-corrected chi connectivity index (χ1v) is 5.56. The molecule has 0 spiro atoms. The fourth-order valence-electron chi connectivity index (χ4n) is 1.28. The Balaban J connectivity index is 0.00000106. The topological polar surface area (TPSA) is 38.7 Å². The first-order valence-electron chi connectivity index (χ1n) is 5.56. The fourth-order valence-corrected chi connectivity index (χ4v) is 1.28. The minimum atomic E-state index is 0.155. The highest BCUT2D eigenvalue weighted by molar-refractivity contribution is 5.41. The van der Waals surface area contributed by atoms with Crippen LogP contribution in [0.3, 0.4) is 0 Å². The van der Waals surface area contributed by atoms with Gasteiger partial charge in [-0.15, -0.1) is 0 Å². The molecule has 1 rings (SSSR count). The first kappa shape index (κ1) is 14.8. The Morgan fingerprint density at radius 2 is 1.88 bits per heavy atom. The maximum Gasteiger partial charge on any atom is 0.160 e. The summed E-state index contributed by atoms with van der Waals surface area (Å²) < 4.78 is 10.1. The van der Waals surface area contributed by atoms with Crippen molar-refractivity contribution in [3.63, 3.8) is 0 Å². The summed E-state index contributed by atoms with van der Waals surface area (Å²) >= 11 is 0. The van der Waals surface area contributed by atoms with Crippen molar-refractivity contribution >= 4 is 0 Å². The molecule has 16 heavy (non-hydrogen) atoms. The summed E-state index contributed by atoms with van der Waals surface area (Å²) in [6.07, 6.45) is 0.941. The van der Waals surface area contributed by atoms with Gasteiger partial charge in [-0.1, -0.05) is 19.9 Å². The van der Waals surface area contributed by atoms with Gasteiger partial charge in [-0.25, -0.2) is 0 Å². The van der Waals surface area contributed by atoms with E-state index >= 15 is 0 Å². The fraction of sp³-hybridized carbons (Fsp3) is 0.538. The van der Waals surface area contributed by atoms with Crippen molar-refractivity contribution in [2.45, 2.75) is 33.3 Å². The average Bonchev–Trinajstić information content (AvgIpc) is 2.32. The van der Waals surface area contributed by atoms with Crippen molar-refractivity contribution < 1.29 is 14.6 Å². The minimum Gasteiger partial charge on any atom is -0.504 e. The summed E-state index contributed by atoms with van der Waals surface area (Å²) in [6, 6.07) is 5.38. The molecular weight excluding hydrogens is 204 g/mol. The van der Waals surface area contributed by atoms with Gasteiger partial charge in [-0.05, 0) is 31.0 Å². The van der Waals surface area contributed by atoms with Gasteiger partial charge in [-0.2, -0.15) is 0 Å². The molecule has 0 saturated carbocycles. The van der Waals surface area contributed by atoms with Crippen molar-refractivity contribution in [3.05, 3.63) is 23.8 Å². The molecule has 0 radical (unpaired) electrons. The first-order chi connectivity index (χ1) is 7.67. The summed E-state index contributed by atoms with van der Waals surface area (Å²) in [5, 5.41) is 9.51. The zero-order valence-corrected chi connectivity index (χ0v) is 10.8. The number of aromatic hydroxyl groups is 1. The van der Waals surface area contributed by atoms with E-state index in [9.17, 15) is 5.11 Å². The van der Waals surface area contributed by atoms with E-state index in [4.69, 9.17) is 9.47 Å². The van der Waals surface area contributed by atoms with Crippen LogP contribution < -0.4 is 4.74 Å². The van der Waals surface area contributed by atoms with Crippen LogP contribution in [0.25, 0.3) is 0 Å². The Morgan fingerprint density at radius 1 is 1.25 bits per heavy atom. The smallest absolute Gasteiger partial charge is 0.160 e. The third kappa shape index (κ3) is 4.53. The highest BCUT2D eigenvalue weighted by Gasteiger charge is 2.05. The summed E-state index contributed by atoms with van der Waals surface area (Å²) in [7, 11) is 3.21. The maximum atomic E-state index is 9.51. The predicted octanol–water partition coefficient (Wildman–Crippen LogP) is 3.00. The third-order valence-corrected chi connectivity index (χ3v) is 2.17. The SMILES string of the molecule is CC.COc1ccc(CC(C)OC)cc1O. The number of ether oxygens (including phenoxy) is 2. The second kappa shape index (κ2) is 7.99. The van der Waals surface area contributed by atoms with E-state index in [0.717, 1.165) is 12.0 Å². The highest BCUT2D eigenvalue weighted by Crippen LogP contribution is 2.26. The van der Waals surface area contributed by atoms with E-state index in [1.165, 1.54) is 7.11 Å². The van der Waals surface area contributed by atoms with Crippen molar-refractivity contribution in [1.29, 1.82) is 0 Å². The monoisotopic (exact) mass is 226 g/mol. The lowest BCUT2D eigenvalue weighted by atomic mass is 10.1. The molecule has 1 atom stereocenters. The quantitative estimate of drug-likeness (QED) is 0.857. The minimum absolute atomic E-state index is 0.155. The van der Waals surface area contributed by atoms with Gasteiger partial charge in [0.1, 0.15) is 0 Å². The van der Waals surface area contributed by atoms with Gasteiger partial charge in [0, 0.05) is 7.11 Å². The molecule has 0 amide bonds. The standard InChI is InChI=1S/C11H16O3.C2H6/c1-8(13-2)6-9-4-5-11(14-3)10(12)7-9;1-2/h4-5,7-8,12H,6H2,1-3H3;1-2H3. The molecule has 0 fully saturated rings. The van der Waals surface area contributed by atoms with E-state index in [1.807, 2.05) is 26.8 Å². The third-order valence-electron chi connectivity index (χ3n) is 2.17. The van der Waals surface area contributed by atoms with Crippen LogP contribution in [0, 0.1) is 0 Å². The van der Waals surface area contributed by atoms with Gasteiger partial charge in [0.2, 0.25) is 0 Å². The molecule has 1 N–H and O–H groups in total. The van der Waals surface area contributed by atoms with Crippen LogP contribution >= 0.6 is 0 Å². The summed E-state index contributed by atoms with van der Waals surface area (Å²) in [5.74, 6) is 0.673. The summed E-state index contributed by atoms with van der Waals surface area (Å²) in [6.45, 7) is 5.99. The molecule has 1 unspecified atom stereocenters. The van der Waals surface area contributed by atoms with E-state index < -0.39 is 0 Å². The van der Waals surface area contributed by atoms with Gasteiger partial charge < -0.3 is 14.6 Å². The number of rotatable bonds is 4. The van der Waals surface area contributed by atoms with Gasteiger partial charge in [0.15, 0.2) is 11.5 Å². The van der Waals surface area contributed by atoms with Crippen LogP contribution in [0.15, 0.2) is 18.2 Å². The Kier molecular flexibility index (Phi) is 7.38. The Morgan fingerprint density at radius 3 is 2.31 bits per heavy atom. The Bertz CT molecular complexity index is 297. The van der Waals surface area contributed by atoms with Gasteiger partial charge >= 0.3 is 0 Å². The number of hydrogen-bond donors (Lipinski definition) is 1. The van der Waals surface area contributed by atoms with Crippen LogP contribution in [-0.4, -0.2) is 25.4 Å². The van der Waals surface area contributed by atoms with E-state index in [1.54, 1.807) is 19.2 Å². The van der Waals surface area contributed by atoms with Crippen molar-refractivity contribution in [2.24, 2.45) is 0 Å². The van der Waals surface area contributed by atoms with Crippen LogP contribution in [0.1, 0.15) is 26.3 Å². The van der Waals surface area contributed by atoms with Crippen LogP contribution in [0.2, 0.25) is 0 Å². The van der Waals surface area contributed by atoms with Crippen LogP contribution in [-0.2, 0) is 11.2 Å². The molecule has 92 valence electrons. The van der Waals surface area contributed by atoms with Gasteiger partial charge in [0.25, 0.3) is 0 Å². The molecule has 1 aromatic rings. The maximum absolute atomic E-state index is 9.51. The van der Waals surface area contributed by atoms with Gasteiger partial charge in [-0.3, -0.25) is 0 Å². The zero-order chi connectivity index (χ0) is 12.6. The largest absolute Gasteiger partial charge is 0.504 e. The highest BCUT2D eigenvalue weighted by atomic mass is 16.5. The lowest BCUT2D eigenvalue weighted by molar-refractivity contribution is 0.119. The van der Waals surface area contributed by atoms with Crippen LogP contribution in [0.5, 0.6) is 11.5 Å². The molecule has 0 heterocycles. The van der Waals surface area contributed by atoms with E-state index in [0.29, 0.717) is 5.75 Å². The normalized spacial score (nSPS) is 11.3. The Labute approximate surface area is 98.0 Å².